The Bertz CT molecular complexity index is 621. The summed E-state index contributed by atoms with van der Waals surface area (Å²) >= 11 is 0. The van der Waals surface area contributed by atoms with Crippen LogP contribution in [0.2, 0.25) is 0 Å². The van der Waals surface area contributed by atoms with E-state index < -0.39 is 6.04 Å². The van der Waals surface area contributed by atoms with Crippen LogP contribution in [-0.4, -0.2) is 45.8 Å². The lowest BCUT2D eigenvalue weighted by atomic mass is 9.86. The van der Waals surface area contributed by atoms with Crippen molar-refractivity contribution in [3.63, 3.8) is 0 Å². The Morgan fingerprint density at radius 3 is 2.72 bits per heavy atom. The minimum Gasteiger partial charge on any atom is -0.341 e. The Balaban J connectivity index is 1.64. The van der Waals surface area contributed by atoms with Crippen LogP contribution in [0.4, 0.5) is 10.5 Å². The Labute approximate surface area is 149 Å². The predicted octanol–water partition coefficient (Wildman–Crippen LogP) is 2.60. The lowest BCUT2D eigenvalue weighted by Gasteiger charge is -2.31. The van der Waals surface area contributed by atoms with Crippen molar-refractivity contribution in [1.82, 2.24) is 20.0 Å². The number of aryl methyl sites for hydroxylation is 1. The van der Waals surface area contributed by atoms with Crippen LogP contribution in [0.15, 0.2) is 6.20 Å². The van der Waals surface area contributed by atoms with E-state index >= 15 is 0 Å². The fourth-order valence-corrected chi connectivity index (χ4v) is 3.98. The van der Waals surface area contributed by atoms with E-state index in [-0.39, 0.29) is 11.9 Å². The first-order valence-corrected chi connectivity index (χ1v) is 9.48. The smallest absolute Gasteiger partial charge is 0.319 e. The van der Waals surface area contributed by atoms with Crippen LogP contribution in [0.5, 0.6) is 0 Å². The molecule has 1 aliphatic carbocycles. The molecule has 1 atom stereocenters. The van der Waals surface area contributed by atoms with E-state index in [1.54, 1.807) is 9.58 Å². The number of likely N-dealkylation sites (N-methyl/N-ethyl adjacent to an activating group) is 1. The molecule has 1 unspecified atom stereocenters. The fourth-order valence-electron chi connectivity index (χ4n) is 3.98. The van der Waals surface area contributed by atoms with Gasteiger partial charge in [-0.25, -0.2) is 4.79 Å². The van der Waals surface area contributed by atoms with Gasteiger partial charge >= 0.3 is 6.03 Å². The first kappa shape index (κ1) is 17.8. The van der Waals surface area contributed by atoms with Gasteiger partial charge in [0, 0.05) is 32.3 Å². The molecule has 25 heavy (non-hydrogen) atoms. The number of hydrogen-bond donors (Lipinski definition) is 2. The molecule has 1 aromatic heterocycles. The van der Waals surface area contributed by atoms with Gasteiger partial charge in [0.05, 0.1) is 11.4 Å². The van der Waals surface area contributed by atoms with Gasteiger partial charge in [-0.3, -0.25) is 9.48 Å². The summed E-state index contributed by atoms with van der Waals surface area (Å²) in [5, 5.41) is 10.3. The molecular formula is C18H29N5O2. The van der Waals surface area contributed by atoms with E-state index in [1.807, 2.05) is 20.2 Å². The van der Waals surface area contributed by atoms with Crippen LogP contribution >= 0.6 is 0 Å². The molecule has 0 aromatic carbocycles. The second kappa shape index (κ2) is 7.89. The number of nitrogens with zero attached hydrogens (tertiary/aromatic N) is 3. The van der Waals surface area contributed by atoms with Gasteiger partial charge in [0.2, 0.25) is 5.91 Å². The summed E-state index contributed by atoms with van der Waals surface area (Å²) in [6.07, 6.45) is 9.44. The molecule has 2 heterocycles. The zero-order chi connectivity index (χ0) is 17.8. The van der Waals surface area contributed by atoms with E-state index in [9.17, 15) is 9.59 Å². The summed E-state index contributed by atoms with van der Waals surface area (Å²) in [5.74, 6) is 0.430. The standard InChI is InChI=1S/C18H29N5O2/c1-3-23-11-7-10-14(17(23)24)19-18(25)20-15-12-22(2)21-16(15)13-8-5-4-6-9-13/h12-14H,3-11H2,1-2H3,(H2,19,20,25). The highest BCUT2D eigenvalue weighted by Gasteiger charge is 2.29. The minimum atomic E-state index is -0.427. The van der Waals surface area contributed by atoms with Crippen LogP contribution in [-0.2, 0) is 11.8 Å². The third-order valence-electron chi connectivity index (χ3n) is 5.32. The maximum Gasteiger partial charge on any atom is 0.319 e. The van der Waals surface area contributed by atoms with E-state index in [2.05, 4.69) is 15.7 Å². The molecule has 0 spiro atoms. The fraction of sp³-hybridized carbons (Fsp3) is 0.722. The summed E-state index contributed by atoms with van der Waals surface area (Å²) in [5.41, 5.74) is 1.74. The highest BCUT2D eigenvalue weighted by molar-refractivity contribution is 5.94. The topological polar surface area (TPSA) is 79.3 Å². The van der Waals surface area contributed by atoms with Gasteiger partial charge in [-0.05, 0) is 32.6 Å². The average Bonchev–Trinajstić information content (AvgIpc) is 2.97. The lowest BCUT2D eigenvalue weighted by molar-refractivity contribution is -0.135. The zero-order valence-electron chi connectivity index (χ0n) is 15.3. The van der Waals surface area contributed by atoms with Crippen molar-refractivity contribution >= 4 is 17.6 Å². The molecule has 1 aliphatic heterocycles. The summed E-state index contributed by atoms with van der Waals surface area (Å²) in [4.78, 5) is 26.6. The summed E-state index contributed by atoms with van der Waals surface area (Å²) < 4.78 is 1.75. The monoisotopic (exact) mass is 347 g/mol. The Morgan fingerprint density at radius 1 is 1.24 bits per heavy atom. The Morgan fingerprint density at radius 2 is 2.00 bits per heavy atom. The number of likely N-dealkylation sites (tertiary alicyclic amines) is 1. The predicted molar refractivity (Wildman–Crippen MR) is 96.5 cm³/mol. The largest absolute Gasteiger partial charge is 0.341 e. The van der Waals surface area contributed by atoms with Gasteiger partial charge in [0.25, 0.3) is 0 Å². The number of carbonyl (C=O) groups is 2. The highest BCUT2D eigenvalue weighted by atomic mass is 16.2. The van der Waals surface area contributed by atoms with Crippen molar-refractivity contribution in [2.75, 3.05) is 18.4 Å². The molecule has 138 valence electrons. The van der Waals surface area contributed by atoms with Crippen molar-refractivity contribution in [3.8, 4) is 0 Å². The number of carbonyl (C=O) groups excluding carboxylic acids is 2. The van der Waals surface area contributed by atoms with Crippen LogP contribution in [0.3, 0.4) is 0 Å². The summed E-state index contributed by atoms with van der Waals surface area (Å²) in [6.45, 7) is 3.43. The Hall–Kier alpha value is -2.05. The number of nitrogens with one attached hydrogen (secondary N) is 2. The molecule has 1 saturated carbocycles. The second-order valence-corrected chi connectivity index (χ2v) is 7.15. The molecule has 2 N–H and O–H groups in total. The SMILES string of the molecule is CCN1CCCC(NC(=O)Nc2cn(C)nc2C2CCCCC2)C1=O. The van der Waals surface area contributed by atoms with Crippen LogP contribution in [0.1, 0.15) is 63.5 Å². The van der Waals surface area contributed by atoms with E-state index in [0.29, 0.717) is 18.9 Å². The third kappa shape index (κ3) is 4.14. The molecule has 0 bridgehead atoms. The first-order chi connectivity index (χ1) is 12.1. The van der Waals surface area contributed by atoms with Crippen molar-refractivity contribution < 1.29 is 9.59 Å². The number of piperidine rings is 1. The van der Waals surface area contributed by atoms with E-state index in [0.717, 1.165) is 37.2 Å². The second-order valence-electron chi connectivity index (χ2n) is 7.15. The Kier molecular flexibility index (Phi) is 5.60. The normalized spacial score (nSPS) is 22.1. The maximum atomic E-state index is 12.4. The number of rotatable bonds is 4. The van der Waals surface area contributed by atoms with Crippen molar-refractivity contribution in [1.29, 1.82) is 0 Å². The third-order valence-corrected chi connectivity index (χ3v) is 5.32. The van der Waals surface area contributed by atoms with Gasteiger partial charge in [-0.2, -0.15) is 5.10 Å². The minimum absolute atomic E-state index is 0.0163. The van der Waals surface area contributed by atoms with Crippen molar-refractivity contribution in [2.45, 2.75) is 63.8 Å². The molecule has 3 amide bonds. The lowest BCUT2D eigenvalue weighted by Crippen LogP contribution is -2.53. The summed E-state index contributed by atoms with van der Waals surface area (Å²) in [7, 11) is 1.87. The van der Waals surface area contributed by atoms with Crippen molar-refractivity contribution in [2.24, 2.45) is 7.05 Å². The molecule has 7 nitrogen and oxygen atoms in total. The molecule has 3 rings (SSSR count). The highest BCUT2D eigenvalue weighted by Crippen LogP contribution is 2.35. The van der Waals surface area contributed by atoms with Crippen LogP contribution in [0, 0.1) is 0 Å². The molecule has 2 aliphatic rings. The molecule has 7 heteroatoms. The number of urea groups is 1. The molecule has 2 fully saturated rings. The van der Waals surface area contributed by atoms with Gasteiger partial charge in [0.15, 0.2) is 0 Å². The van der Waals surface area contributed by atoms with Gasteiger partial charge in [-0.1, -0.05) is 19.3 Å². The summed E-state index contributed by atoms with van der Waals surface area (Å²) in [6, 6.07) is -0.745. The maximum absolute atomic E-state index is 12.4. The number of anilines is 1. The number of hydrogen-bond acceptors (Lipinski definition) is 3. The van der Waals surface area contributed by atoms with Gasteiger partial charge in [-0.15, -0.1) is 0 Å². The van der Waals surface area contributed by atoms with E-state index in [4.69, 9.17) is 0 Å². The van der Waals surface area contributed by atoms with Crippen molar-refractivity contribution in [3.05, 3.63) is 11.9 Å². The molecule has 0 radical (unpaired) electrons. The van der Waals surface area contributed by atoms with Crippen LogP contribution in [0.25, 0.3) is 0 Å². The number of amides is 3. The molecule has 1 aromatic rings. The average molecular weight is 347 g/mol. The first-order valence-electron chi connectivity index (χ1n) is 9.48. The zero-order valence-corrected chi connectivity index (χ0v) is 15.3. The van der Waals surface area contributed by atoms with E-state index in [1.165, 1.54) is 19.3 Å². The van der Waals surface area contributed by atoms with Gasteiger partial charge < -0.3 is 15.5 Å². The quantitative estimate of drug-likeness (QED) is 0.879. The molecule has 1 saturated heterocycles. The molecular weight excluding hydrogens is 318 g/mol. The van der Waals surface area contributed by atoms with Crippen LogP contribution < -0.4 is 10.6 Å². The number of aromatic nitrogens is 2. The van der Waals surface area contributed by atoms with Gasteiger partial charge in [0.1, 0.15) is 6.04 Å².